The molecular weight excluding hydrogens is 172 g/mol. The third-order valence-electron chi connectivity index (χ3n) is 2.79. The van der Waals surface area contributed by atoms with E-state index in [9.17, 15) is 5.11 Å². The third-order valence-corrected chi connectivity index (χ3v) is 2.79. The van der Waals surface area contributed by atoms with Crippen LogP contribution in [0.4, 0.5) is 0 Å². The number of ether oxygens (including phenoxy) is 2. The van der Waals surface area contributed by atoms with Gasteiger partial charge in [0.15, 0.2) is 5.79 Å². The maximum absolute atomic E-state index is 9.62. The van der Waals surface area contributed by atoms with Gasteiger partial charge in [0, 0.05) is 12.5 Å². The van der Waals surface area contributed by atoms with Gasteiger partial charge in [0.1, 0.15) is 6.10 Å². The molecular formula is C9H16O4. The van der Waals surface area contributed by atoms with E-state index in [2.05, 4.69) is 0 Å². The lowest BCUT2D eigenvalue weighted by Crippen LogP contribution is -2.28. The summed E-state index contributed by atoms with van der Waals surface area (Å²) in [6, 6.07) is 0. The molecule has 1 saturated carbocycles. The largest absolute Gasteiger partial charge is 0.396 e. The fourth-order valence-electron chi connectivity index (χ4n) is 2.24. The zero-order chi connectivity index (χ0) is 9.64. The van der Waals surface area contributed by atoms with Crippen molar-refractivity contribution in [2.24, 2.45) is 5.92 Å². The number of aliphatic hydroxyl groups excluding tert-OH is 2. The minimum absolute atomic E-state index is 0.0155. The standard InChI is InChI=1S/C9H16O4/c1-9(2)12-7-5(4-10)3-6(11)8(7)13-9/h5-8,10-11H,3-4H2,1-2H3/t5-,6-,7-,8+/m0/s1. The van der Waals surface area contributed by atoms with E-state index in [0.717, 1.165) is 0 Å². The molecule has 0 spiro atoms. The monoisotopic (exact) mass is 188 g/mol. The van der Waals surface area contributed by atoms with Crippen molar-refractivity contribution in [3.05, 3.63) is 0 Å². The fourth-order valence-corrected chi connectivity index (χ4v) is 2.24. The molecule has 0 aromatic heterocycles. The second-order valence-electron chi connectivity index (χ2n) is 4.31. The highest BCUT2D eigenvalue weighted by molar-refractivity contribution is 4.97. The van der Waals surface area contributed by atoms with Crippen LogP contribution in [0, 0.1) is 5.92 Å². The molecule has 1 aliphatic carbocycles. The van der Waals surface area contributed by atoms with Crippen LogP contribution in [-0.2, 0) is 9.47 Å². The molecule has 2 N–H and O–H groups in total. The van der Waals surface area contributed by atoms with Gasteiger partial charge < -0.3 is 19.7 Å². The highest BCUT2D eigenvalue weighted by Gasteiger charge is 2.53. The summed E-state index contributed by atoms with van der Waals surface area (Å²) < 4.78 is 11.1. The third kappa shape index (κ3) is 1.48. The van der Waals surface area contributed by atoms with Crippen LogP contribution in [0.2, 0.25) is 0 Å². The Balaban J connectivity index is 2.12. The van der Waals surface area contributed by atoms with Crippen molar-refractivity contribution < 1.29 is 19.7 Å². The van der Waals surface area contributed by atoms with Crippen LogP contribution in [0.25, 0.3) is 0 Å². The summed E-state index contributed by atoms with van der Waals surface area (Å²) >= 11 is 0. The van der Waals surface area contributed by atoms with Gasteiger partial charge in [-0.3, -0.25) is 0 Å². The van der Waals surface area contributed by atoms with Gasteiger partial charge >= 0.3 is 0 Å². The van der Waals surface area contributed by atoms with E-state index < -0.39 is 11.9 Å². The molecule has 1 saturated heterocycles. The van der Waals surface area contributed by atoms with E-state index >= 15 is 0 Å². The van der Waals surface area contributed by atoms with Gasteiger partial charge in [-0.25, -0.2) is 0 Å². The summed E-state index contributed by atoms with van der Waals surface area (Å²) in [7, 11) is 0. The summed E-state index contributed by atoms with van der Waals surface area (Å²) in [6.07, 6.45) is -0.326. The van der Waals surface area contributed by atoms with Gasteiger partial charge in [0.25, 0.3) is 0 Å². The normalized spacial score (nSPS) is 48.0. The fraction of sp³-hybridized carbons (Fsp3) is 1.00. The molecule has 13 heavy (non-hydrogen) atoms. The summed E-state index contributed by atoms with van der Waals surface area (Å²) in [5.41, 5.74) is 0. The Hall–Kier alpha value is -0.160. The molecule has 0 aromatic rings. The Morgan fingerprint density at radius 1 is 1.31 bits per heavy atom. The zero-order valence-corrected chi connectivity index (χ0v) is 7.93. The van der Waals surface area contributed by atoms with Crippen molar-refractivity contribution >= 4 is 0 Å². The molecule has 1 heterocycles. The van der Waals surface area contributed by atoms with E-state index in [1.54, 1.807) is 0 Å². The number of aliphatic hydroxyl groups is 2. The Morgan fingerprint density at radius 3 is 2.54 bits per heavy atom. The van der Waals surface area contributed by atoms with Crippen molar-refractivity contribution in [3.8, 4) is 0 Å². The molecule has 2 aliphatic rings. The lowest BCUT2D eigenvalue weighted by molar-refractivity contribution is -0.167. The minimum atomic E-state index is -0.621. The average Bonchev–Trinajstić information content (AvgIpc) is 2.47. The first kappa shape index (κ1) is 9.40. The second-order valence-corrected chi connectivity index (χ2v) is 4.31. The van der Waals surface area contributed by atoms with Gasteiger partial charge in [-0.15, -0.1) is 0 Å². The first-order valence-corrected chi connectivity index (χ1v) is 4.68. The zero-order valence-electron chi connectivity index (χ0n) is 7.93. The van der Waals surface area contributed by atoms with Crippen LogP contribution in [0.5, 0.6) is 0 Å². The molecule has 4 heteroatoms. The Kier molecular flexibility index (Phi) is 2.11. The summed E-state index contributed by atoms with van der Waals surface area (Å²) in [5, 5.41) is 18.7. The highest BCUT2D eigenvalue weighted by Crippen LogP contribution is 2.41. The van der Waals surface area contributed by atoms with Crippen molar-refractivity contribution in [2.45, 2.75) is 44.4 Å². The molecule has 0 aromatic carbocycles. The number of rotatable bonds is 1. The minimum Gasteiger partial charge on any atom is -0.396 e. The molecule has 0 unspecified atom stereocenters. The van der Waals surface area contributed by atoms with Crippen molar-refractivity contribution in [3.63, 3.8) is 0 Å². The van der Waals surface area contributed by atoms with E-state index in [0.29, 0.717) is 6.42 Å². The Bertz CT molecular complexity index is 204. The topological polar surface area (TPSA) is 58.9 Å². The van der Waals surface area contributed by atoms with Crippen LogP contribution < -0.4 is 0 Å². The molecule has 4 nitrogen and oxygen atoms in total. The van der Waals surface area contributed by atoms with E-state index in [4.69, 9.17) is 14.6 Å². The van der Waals surface area contributed by atoms with Gasteiger partial charge in [-0.05, 0) is 20.3 Å². The maximum Gasteiger partial charge on any atom is 0.163 e. The highest BCUT2D eigenvalue weighted by atomic mass is 16.8. The summed E-state index contributed by atoms with van der Waals surface area (Å²) in [4.78, 5) is 0. The molecule has 2 rings (SSSR count). The van der Waals surface area contributed by atoms with Crippen LogP contribution >= 0.6 is 0 Å². The van der Waals surface area contributed by atoms with Crippen LogP contribution in [0.1, 0.15) is 20.3 Å². The smallest absolute Gasteiger partial charge is 0.163 e. The van der Waals surface area contributed by atoms with E-state index in [-0.39, 0.29) is 24.7 Å². The van der Waals surface area contributed by atoms with Gasteiger partial charge in [0.05, 0.1) is 12.2 Å². The first-order valence-electron chi connectivity index (χ1n) is 4.68. The lowest BCUT2D eigenvalue weighted by atomic mass is 10.1. The van der Waals surface area contributed by atoms with Crippen LogP contribution in [0.3, 0.4) is 0 Å². The quantitative estimate of drug-likeness (QED) is 0.602. The number of fused-ring (bicyclic) bond motifs is 1. The van der Waals surface area contributed by atoms with E-state index in [1.165, 1.54) is 0 Å². The molecule has 0 radical (unpaired) electrons. The average molecular weight is 188 g/mol. The molecule has 1 aliphatic heterocycles. The number of hydrogen-bond donors (Lipinski definition) is 2. The van der Waals surface area contributed by atoms with Gasteiger partial charge in [0.2, 0.25) is 0 Å². The maximum atomic E-state index is 9.62. The molecule has 2 fully saturated rings. The molecule has 4 atom stereocenters. The first-order chi connectivity index (χ1) is 6.03. The van der Waals surface area contributed by atoms with Gasteiger partial charge in [-0.2, -0.15) is 0 Å². The van der Waals surface area contributed by atoms with Gasteiger partial charge in [-0.1, -0.05) is 0 Å². The Morgan fingerprint density at radius 2 is 1.92 bits per heavy atom. The molecule has 0 amide bonds. The second kappa shape index (κ2) is 2.92. The lowest BCUT2D eigenvalue weighted by Gasteiger charge is -2.21. The van der Waals surface area contributed by atoms with Crippen molar-refractivity contribution in [1.82, 2.24) is 0 Å². The van der Waals surface area contributed by atoms with Crippen LogP contribution in [-0.4, -0.2) is 40.9 Å². The SMILES string of the molecule is CC1(C)O[C@H]2[C@H](CO)C[C@H](O)[C@H]2O1. The van der Waals surface area contributed by atoms with Crippen LogP contribution in [0.15, 0.2) is 0 Å². The number of hydrogen-bond acceptors (Lipinski definition) is 4. The molecule has 0 bridgehead atoms. The predicted molar refractivity (Wildman–Crippen MR) is 45.0 cm³/mol. The summed E-state index contributed by atoms with van der Waals surface area (Å²) in [6.45, 7) is 3.70. The molecule has 76 valence electrons. The Labute approximate surface area is 77.5 Å². The van der Waals surface area contributed by atoms with E-state index in [1.807, 2.05) is 13.8 Å². The predicted octanol–water partition coefficient (Wildman–Crippen LogP) is -0.120. The summed E-state index contributed by atoms with van der Waals surface area (Å²) in [5.74, 6) is -0.605. The van der Waals surface area contributed by atoms with Crippen molar-refractivity contribution in [1.29, 1.82) is 0 Å². The van der Waals surface area contributed by atoms with Crippen molar-refractivity contribution in [2.75, 3.05) is 6.61 Å².